The molecule has 5 heteroatoms. The highest BCUT2D eigenvalue weighted by Crippen LogP contribution is 2.79. The summed E-state index contributed by atoms with van der Waals surface area (Å²) in [5.41, 5.74) is 0.368. The zero-order chi connectivity index (χ0) is 27.3. The number of aliphatic carboxylic acids is 1. The molecular formula is C32H50O5. The smallest absolute Gasteiger partial charge is 0.312 e. The van der Waals surface area contributed by atoms with Crippen molar-refractivity contribution in [2.75, 3.05) is 7.11 Å². The van der Waals surface area contributed by atoms with Gasteiger partial charge in [-0.1, -0.05) is 46.8 Å². The fourth-order valence-corrected chi connectivity index (χ4v) is 12.3. The Balaban J connectivity index is 1.60. The molecule has 0 radical (unpaired) electrons. The van der Waals surface area contributed by atoms with Gasteiger partial charge in [-0.15, -0.1) is 0 Å². The van der Waals surface area contributed by atoms with Crippen LogP contribution in [0.4, 0.5) is 0 Å². The third-order valence-electron chi connectivity index (χ3n) is 14.1. The minimum absolute atomic E-state index is 0.0200. The number of methoxy groups -OCH3 is 1. The van der Waals surface area contributed by atoms with E-state index in [2.05, 4.69) is 48.1 Å². The first kappa shape index (κ1) is 27.2. The molecule has 0 bridgehead atoms. The summed E-state index contributed by atoms with van der Waals surface area (Å²) in [7, 11) is 1.55. The average Bonchev–Trinajstić information content (AvgIpc) is 3.28. The molecule has 5 saturated carbocycles. The van der Waals surface area contributed by atoms with E-state index in [0.29, 0.717) is 23.7 Å². The molecule has 0 saturated heterocycles. The van der Waals surface area contributed by atoms with Crippen molar-refractivity contribution in [3.63, 3.8) is 0 Å². The van der Waals surface area contributed by atoms with Crippen LogP contribution in [0.25, 0.3) is 0 Å². The van der Waals surface area contributed by atoms with Gasteiger partial charge in [-0.25, -0.2) is 0 Å². The number of aliphatic hydroxyl groups excluding tert-OH is 1. The number of ether oxygens (including phenoxy) is 1. The van der Waals surface area contributed by atoms with E-state index in [1.54, 1.807) is 7.11 Å². The number of hydrogen-bond acceptors (Lipinski definition) is 4. The normalized spacial score (nSPS) is 51.8. The molecule has 2 N–H and O–H groups in total. The highest BCUT2D eigenvalue weighted by Gasteiger charge is 2.75. The Hall–Kier alpha value is -1.36. The molecule has 5 aliphatic carbocycles. The van der Waals surface area contributed by atoms with E-state index < -0.39 is 17.5 Å². The molecule has 208 valence electrons. The summed E-state index contributed by atoms with van der Waals surface area (Å²) < 4.78 is 5.47. The van der Waals surface area contributed by atoms with Gasteiger partial charge in [0.2, 0.25) is 0 Å². The Labute approximate surface area is 223 Å². The molecule has 0 aromatic heterocycles. The van der Waals surface area contributed by atoms with Crippen molar-refractivity contribution in [1.82, 2.24) is 0 Å². The van der Waals surface area contributed by atoms with Crippen LogP contribution in [0.1, 0.15) is 99.3 Å². The van der Waals surface area contributed by atoms with Crippen LogP contribution in [0, 0.1) is 62.6 Å². The van der Waals surface area contributed by atoms with E-state index >= 15 is 0 Å². The SMILES string of the molecule is C=C(C)[C@@H]1CC[C@]2(C(=O)OC)CC[C@]3(C)[C@H](CC[C@@H]4[C@@]5(C)[C@@H](CC(=O)O)[C@H](O)C(C)(C)[C@@H]5CC[C@]43C)[C@@H]12. The summed E-state index contributed by atoms with van der Waals surface area (Å²) >= 11 is 0. The molecule has 5 rings (SSSR count). The number of carboxylic acids is 1. The van der Waals surface area contributed by atoms with Crippen LogP contribution in [0.3, 0.4) is 0 Å². The van der Waals surface area contributed by atoms with E-state index in [-0.39, 0.29) is 45.9 Å². The van der Waals surface area contributed by atoms with Crippen molar-refractivity contribution in [3.05, 3.63) is 12.2 Å². The van der Waals surface area contributed by atoms with Crippen LogP contribution < -0.4 is 0 Å². The summed E-state index contributed by atoms with van der Waals surface area (Å²) in [6.45, 7) is 18.2. The van der Waals surface area contributed by atoms with E-state index in [9.17, 15) is 19.8 Å². The minimum atomic E-state index is -0.801. The molecular weight excluding hydrogens is 464 g/mol. The highest BCUT2D eigenvalue weighted by molar-refractivity contribution is 5.78. The molecule has 0 unspecified atom stereocenters. The van der Waals surface area contributed by atoms with Gasteiger partial charge in [0.15, 0.2) is 0 Å². The van der Waals surface area contributed by atoms with Gasteiger partial charge in [-0.3, -0.25) is 9.59 Å². The molecule has 0 heterocycles. The van der Waals surface area contributed by atoms with Crippen molar-refractivity contribution in [1.29, 1.82) is 0 Å². The lowest BCUT2D eigenvalue weighted by molar-refractivity contribution is -0.228. The number of aliphatic hydroxyl groups is 1. The lowest BCUT2D eigenvalue weighted by Crippen LogP contribution is -2.65. The average molecular weight is 515 g/mol. The number of carbonyl (C=O) groups is 2. The maximum absolute atomic E-state index is 13.4. The summed E-state index contributed by atoms with van der Waals surface area (Å²) in [4.78, 5) is 25.4. The molecule has 5 fully saturated rings. The van der Waals surface area contributed by atoms with Crippen LogP contribution in [-0.2, 0) is 14.3 Å². The van der Waals surface area contributed by atoms with Gasteiger partial charge in [0.05, 0.1) is 25.0 Å². The Kier molecular flexibility index (Phi) is 6.12. The first-order valence-corrected chi connectivity index (χ1v) is 14.8. The summed E-state index contributed by atoms with van der Waals surface area (Å²) in [5, 5.41) is 21.4. The molecule has 0 aromatic rings. The molecule has 37 heavy (non-hydrogen) atoms. The lowest BCUT2D eigenvalue weighted by Gasteiger charge is -2.70. The predicted octanol–water partition coefficient (Wildman–Crippen LogP) is 6.49. The first-order valence-electron chi connectivity index (χ1n) is 14.8. The summed E-state index contributed by atoms with van der Waals surface area (Å²) in [5.74, 6) is 0.646. The standard InChI is InChI=1S/C32H50O5/c1-18(2)19-11-14-32(27(36)37-8)16-15-29(5)20(25(19)32)9-10-23-30(29,6)13-12-22-28(3,4)26(35)21(17-24(33)34)31(22,23)7/h19-23,25-26,35H,1,9-17H2,2-8H3,(H,33,34)/t19-,20+,21-,22-,23-,25+,26-,29+,30+,31-,32-/m0/s1. The number of carboxylic acid groups (broad SMARTS) is 1. The van der Waals surface area contributed by atoms with Gasteiger partial charge in [0.1, 0.15) is 0 Å². The quantitative estimate of drug-likeness (QED) is 0.331. The number of esters is 1. The van der Waals surface area contributed by atoms with Gasteiger partial charge < -0.3 is 14.9 Å². The fraction of sp³-hybridized carbons (Fsp3) is 0.875. The van der Waals surface area contributed by atoms with E-state index in [0.717, 1.165) is 51.4 Å². The van der Waals surface area contributed by atoms with Gasteiger partial charge in [-0.05, 0) is 110 Å². The van der Waals surface area contributed by atoms with Crippen LogP contribution in [0.15, 0.2) is 12.2 Å². The monoisotopic (exact) mass is 514 g/mol. The van der Waals surface area contributed by atoms with Gasteiger partial charge in [0.25, 0.3) is 0 Å². The molecule has 5 aliphatic rings. The summed E-state index contributed by atoms with van der Waals surface area (Å²) in [6.07, 6.45) is 7.47. The number of carbonyl (C=O) groups excluding carboxylic acids is 1. The molecule has 0 aliphatic heterocycles. The molecule has 0 amide bonds. The Morgan fingerprint density at radius 2 is 1.59 bits per heavy atom. The van der Waals surface area contributed by atoms with Gasteiger partial charge in [0, 0.05) is 5.92 Å². The zero-order valence-electron chi connectivity index (χ0n) is 24.2. The highest BCUT2D eigenvalue weighted by atomic mass is 16.5. The topological polar surface area (TPSA) is 83.8 Å². The van der Waals surface area contributed by atoms with E-state index in [1.165, 1.54) is 5.57 Å². The maximum Gasteiger partial charge on any atom is 0.312 e. The van der Waals surface area contributed by atoms with Crippen LogP contribution in [-0.4, -0.2) is 35.4 Å². The van der Waals surface area contributed by atoms with Crippen molar-refractivity contribution in [2.24, 2.45) is 62.6 Å². The third-order valence-corrected chi connectivity index (χ3v) is 14.1. The second-order valence-electron chi connectivity index (χ2n) is 15.2. The first-order chi connectivity index (χ1) is 17.1. The number of fused-ring (bicyclic) bond motifs is 7. The Morgan fingerprint density at radius 1 is 0.919 bits per heavy atom. The van der Waals surface area contributed by atoms with Crippen LogP contribution >= 0.6 is 0 Å². The van der Waals surface area contributed by atoms with E-state index in [4.69, 9.17) is 4.74 Å². The molecule has 0 aromatic carbocycles. The Bertz CT molecular complexity index is 1000. The second-order valence-corrected chi connectivity index (χ2v) is 15.2. The molecule has 11 atom stereocenters. The van der Waals surface area contributed by atoms with Crippen molar-refractivity contribution >= 4 is 11.9 Å². The van der Waals surface area contributed by atoms with Gasteiger partial charge >= 0.3 is 11.9 Å². The third kappa shape index (κ3) is 3.19. The largest absolute Gasteiger partial charge is 0.481 e. The van der Waals surface area contributed by atoms with Crippen molar-refractivity contribution in [3.8, 4) is 0 Å². The second kappa shape index (κ2) is 8.32. The van der Waals surface area contributed by atoms with Crippen molar-refractivity contribution in [2.45, 2.75) is 105 Å². The molecule has 5 nitrogen and oxygen atoms in total. The number of rotatable bonds is 4. The van der Waals surface area contributed by atoms with Crippen LogP contribution in [0.2, 0.25) is 0 Å². The fourth-order valence-electron chi connectivity index (χ4n) is 12.3. The van der Waals surface area contributed by atoms with Crippen LogP contribution in [0.5, 0.6) is 0 Å². The number of hydrogen-bond donors (Lipinski definition) is 2. The zero-order valence-corrected chi connectivity index (χ0v) is 24.2. The number of allylic oxidation sites excluding steroid dienone is 1. The van der Waals surface area contributed by atoms with Gasteiger partial charge in [-0.2, -0.15) is 0 Å². The summed E-state index contributed by atoms with van der Waals surface area (Å²) in [6, 6.07) is 0. The molecule has 0 spiro atoms. The lowest BCUT2D eigenvalue weighted by atomic mass is 9.33. The minimum Gasteiger partial charge on any atom is -0.481 e. The van der Waals surface area contributed by atoms with E-state index in [1.807, 2.05) is 0 Å². The Morgan fingerprint density at radius 3 is 2.19 bits per heavy atom. The predicted molar refractivity (Wildman–Crippen MR) is 144 cm³/mol. The van der Waals surface area contributed by atoms with Crippen molar-refractivity contribution < 1.29 is 24.5 Å². The maximum atomic E-state index is 13.4.